The van der Waals surface area contributed by atoms with Crippen molar-refractivity contribution in [3.05, 3.63) is 23.8 Å². The van der Waals surface area contributed by atoms with E-state index in [1.54, 1.807) is 6.92 Å². The van der Waals surface area contributed by atoms with Gasteiger partial charge in [0, 0.05) is 6.54 Å². The lowest BCUT2D eigenvalue weighted by atomic mass is 10.2. The molecule has 0 unspecified atom stereocenters. The highest BCUT2D eigenvalue weighted by atomic mass is 19.4. The number of nitrogen functional groups attached to an aromatic ring is 1. The molecule has 0 amide bonds. The molecule has 0 saturated carbocycles. The molecule has 84 valence electrons. The molecule has 3 nitrogen and oxygen atoms in total. The van der Waals surface area contributed by atoms with Gasteiger partial charge in [0.2, 0.25) is 0 Å². The summed E-state index contributed by atoms with van der Waals surface area (Å²) in [5.74, 6) is -0.0216. The van der Waals surface area contributed by atoms with Gasteiger partial charge in [-0.3, -0.25) is 0 Å². The maximum absolute atomic E-state index is 12.3. The Hall–Kier alpha value is -1.43. The van der Waals surface area contributed by atoms with Crippen LogP contribution < -0.4 is 16.1 Å². The maximum atomic E-state index is 12.3. The number of anilines is 1. The van der Waals surface area contributed by atoms with Crippen molar-refractivity contribution in [3.63, 3.8) is 0 Å². The zero-order valence-corrected chi connectivity index (χ0v) is 8.06. The summed E-state index contributed by atoms with van der Waals surface area (Å²) in [6, 6.07) is 2.93. The topological polar surface area (TPSA) is 47.3 Å². The Bertz CT molecular complexity index is 339. The molecule has 3 N–H and O–H groups in total. The minimum absolute atomic E-state index is 0.0216. The number of halogens is 3. The average molecular weight is 220 g/mol. The number of benzene rings is 1. The van der Waals surface area contributed by atoms with E-state index in [2.05, 4.69) is 5.48 Å². The Balaban J connectivity index is 2.95. The van der Waals surface area contributed by atoms with Crippen LogP contribution >= 0.6 is 0 Å². The predicted molar refractivity (Wildman–Crippen MR) is 50.2 cm³/mol. The highest BCUT2D eigenvalue weighted by Crippen LogP contribution is 2.33. The van der Waals surface area contributed by atoms with E-state index < -0.39 is 11.7 Å². The number of rotatable bonds is 3. The molecular formula is C9H11F3N2O. The molecule has 0 radical (unpaired) electrons. The summed E-state index contributed by atoms with van der Waals surface area (Å²) >= 11 is 0. The molecule has 0 aliphatic carbocycles. The van der Waals surface area contributed by atoms with Crippen LogP contribution in [0.4, 0.5) is 18.9 Å². The molecule has 0 spiro atoms. The molecule has 0 aromatic heterocycles. The minimum Gasteiger partial charge on any atom is -0.407 e. The van der Waals surface area contributed by atoms with E-state index in [1.807, 2.05) is 0 Å². The summed E-state index contributed by atoms with van der Waals surface area (Å²) in [6.07, 6.45) is -4.39. The zero-order chi connectivity index (χ0) is 11.5. The van der Waals surface area contributed by atoms with Crippen molar-refractivity contribution in [2.45, 2.75) is 13.1 Å². The lowest BCUT2D eigenvalue weighted by Gasteiger charge is -2.11. The van der Waals surface area contributed by atoms with E-state index in [-0.39, 0.29) is 11.4 Å². The first kappa shape index (κ1) is 11.6. The van der Waals surface area contributed by atoms with E-state index in [1.165, 1.54) is 0 Å². The molecule has 1 aromatic carbocycles. The van der Waals surface area contributed by atoms with Gasteiger partial charge in [-0.2, -0.15) is 18.7 Å². The highest BCUT2D eigenvalue weighted by Gasteiger charge is 2.31. The van der Waals surface area contributed by atoms with Gasteiger partial charge < -0.3 is 10.6 Å². The van der Waals surface area contributed by atoms with Gasteiger partial charge in [-0.25, -0.2) is 0 Å². The van der Waals surface area contributed by atoms with Crippen LogP contribution in [0.15, 0.2) is 18.2 Å². The summed E-state index contributed by atoms with van der Waals surface area (Å²) in [6.45, 7) is 2.22. The Morgan fingerprint density at radius 2 is 2.07 bits per heavy atom. The summed E-state index contributed by atoms with van der Waals surface area (Å²) in [5.41, 5.74) is 7.25. The Labute approximate surface area is 85.0 Å². The lowest BCUT2D eigenvalue weighted by Crippen LogP contribution is -2.18. The molecule has 0 fully saturated rings. The van der Waals surface area contributed by atoms with Crippen LogP contribution in [0.2, 0.25) is 0 Å². The summed E-state index contributed by atoms with van der Waals surface area (Å²) in [7, 11) is 0. The fourth-order valence-corrected chi connectivity index (χ4v) is 0.949. The van der Waals surface area contributed by atoms with E-state index in [0.29, 0.717) is 6.54 Å². The van der Waals surface area contributed by atoms with Crippen LogP contribution in [0.3, 0.4) is 0 Å². The Kier molecular flexibility index (Phi) is 3.41. The second-order valence-electron chi connectivity index (χ2n) is 2.85. The second-order valence-corrected chi connectivity index (χ2v) is 2.85. The van der Waals surface area contributed by atoms with Crippen LogP contribution in [0, 0.1) is 0 Å². The zero-order valence-electron chi connectivity index (χ0n) is 8.06. The van der Waals surface area contributed by atoms with Crippen LogP contribution in [-0.2, 0) is 6.18 Å². The molecule has 0 aliphatic heterocycles. The summed E-state index contributed by atoms with van der Waals surface area (Å²) in [5, 5.41) is 0. The van der Waals surface area contributed by atoms with Crippen molar-refractivity contribution in [1.82, 2.24) is 5.48 Å². The predicted octanol–water partition coefficient (Wildman–Crippen LogP) is 2.19. The molecule has 0 heterocycles. The molecule has 1 rings (SSSR count). The van der Waals surface area contributed by atoms with Crippen LogP contribution in [0.5, 0.6) is 5.75 Å². The molecule has 0 saturated heterocycles. The van der Waals surface area contributed by atoms with Gasteiger partial charge >= 0.3 is 6.18 Å². The number of hydrogen-bond acceptors (Lipinski definition) is 3. The van der Waals surface area contributed by atoms with Crippen molar-refractivity contribution in [3.8, 4) is 5.75 Å². The van der Waals surface area contributed by atoms with E-state index in [4.69, 9.17) is 10.6 Å². The van der Waals surface area contributed by atoms with Crippen LogP contribution in [0.25, 0.3) is 0 Å². The lowest BCUT2D eigenvalue weighted by molar-refractivity contribution is -0.137. The molecule has 1 aromatic rings. The molecule has 6 heteroatoms. The minimum atomic E-state index is -4.39. The largest absolute Gasteiger partial charge is 0.416 e. The fraction of sp³-hybridized carbons (Fsp3) is 0.333. The van der Waals surface area contributed by atoms with Gasteiger partial charge in [-0.05, 0) is 25.1 Å². The summed E-state index contributed by atoms with van der Waals surface area (Å²) in [4.78, 5) is 4.85. The highest BCUT2D eigenvalue weighted by molar-refractivity contribution is 5.54. The number of hydroxylamine groups is 1. The standard InChI is InChI=1S/C9H11F3N2O/c1-2-14-15-8-5-6(9(10,11)12)3-4-7(8)13/h3-5,14H,2,13H2,1H3. The van der Waals surface area contributed by atoms with Gasteiger partial charge in [0.1, 0.15) is 0 Å². The molecule has 15 heavy (non-hydrogen) atoms. The van der Waals surface area contributed by atoms with Crippen molar-refractivity contribution < 1.29 is 18.0 Å². The molecular weight excluding hydrogens is 209 g/mol. The molecule has 0 bridgehead atoms. The number of hydrogen-bond donors (Lipinski definition) is 2. The molecule has 0 atom stereocenters. The first-order valence-electron chi connectivity index (χ1n) is 4.31. The maximum Gasteiger partial charge on any atom is 0.416 e. The molecule has 0 aliphatic rings. The number of alkyl halides is 3. The van der Waals surface area contributed by atoms with Gasteiger partial charge in [0.15, 0.2) is 5.75 Å². The van der Waals surface area contributed by atoms with E-state index in [9.17, 15) is 13.2 Å². The summed E-state index contributed by atoms with van der Waals surface area (Å²) < 4.78 is 36.9. The third kappa shape index (κ3) is 3.02. The smallest absolute Gasteiger partial charge is 0.407 e. The van der Waals surface area contributed by atoms with Gasteiger partial charge in [-0.15, -0.1) is 0 Å². The monoisotopic (exact) mass is 220 g/mol. The normalized spacial score (nSPS) is 11.5. The fourth-order valence-electron chi connectivity index (χ4n) is 0.949. The number of nitrogens with one attached hydrogen (secondary N) is 1. The Morgan fingerprint density at radius 1 is 1.40 bits per heavy atom. The van der Waals surface area contributed by atoms with Crippen LogP contribution in [0.1, 0.15) is 12.5 Å². The van der Waals surface area contributed by atoms with Crippen molar-refractivity contribution >= 4 is 5.69 Å². The quantitative estimate of drug-likeness (QED) is 0.606. The van der Waals surface area contributed by atoms with E-state index in [0.717, 1.165) is 18.2 Å². The average Bonchev–Trinajstić information content (AvgIpc) is 2.15. The van der Waals surface area contributed by atoms with E-state index >= 15 is 0 Å². The SMILES string of the molecule is CCNOc1cc(C(F)(F)F)ccc1N. The Morgan fingerprint density at radius 3 is 2.60 bits per heavy atom. The third-order valence-electron chi connectivity index (χ3n) is 1.67. The third-order valence-corrected chi connectivity index (χ3v) is 1.67. The first-order valence-corrected chi connectivity index (χ1v) is 4.31. The van der Waals surface area contributed by atoms with Crippen molar-refractivity contribution in [1.29, 1.82) is 0 Å². The second kappa shape index (κ2) is 4.39. The van der Waals surface area contributed by atoms with Gasteiger partial charge in [0.05, 0.1) is 11.3 Å². The first-order chi connectivity index (χ1) is 6.95. The number of nitrogens with two attached hydrogens (primary N) is 1. The van der Waals surface area contributed by atoms with Gasteiger partial charge in [0.25, 0.3) is 0 Å². The van der Waals surface area contributed by atoms with Crippen molar-refractivity contribution in [2.75, 3.05) is 12.3 Å². The van der Waals surface area contributed by atoms with Crippen LogP contribution in [-0.4, -0.2) is 6.54 Å². The van der Waals surface area contributed by atoms with Crippen molar-refractivity contribution in [2.24, 2.45) is 0 Å². The van der Waals surface area contributed by atoms with Gasteiger partial charge in [-0.1, -0.05) is 0 Å².